The van der Waals surface area contributed by atoms with Crippen LogP contribution in [0.25, 0.3) is 11.8 Å². The number of carbonyl (C=O) groups is 3. The Bertz CT molecular complexity index is 1340. The smallest absolute Gasteiger partial charge is 0.318 e. The number of barbiturate groups is 1. The second-order valence-electron chi connectivity index (χ2n) is 7.70. The normalized spacial score (nSPS) is 15.4. The summed E-state index contributed by atoms with van der Waals surface area (Å²) in [6, 6.07) is 13.5. The predicted molar refractivity (Wildman–Crippen MR) is 130 cm³/mol. The van der Waals surface area contributed by atoms with Gasteiger partial charge in [0.2, 0.25) is 0 Å². The highest BCUT2D eigenvalue weighted by atomic mass is 35.5. The van der Waals surface area contributed by atoms with Gasteiger partial charge in [0.25, 0.3) is 11.8 Å². The lowest BCUT2D eigenvalue weighted by molar-refractivity contribution is -0.122. The van der Waals surface area contributed by atoms with Crippen LogP contribution < -0.4 is 10.2 Å². The van der Waals surface area contributed by atoms with Crippen molar-refractivity contribution < 1.29 is 14.4 Å². The van der Waals surface area contributed by atoms with Gasteiger partial charge in [-0.1, -0.05) is 48.3 Å². The first-order valence-electron chi connectivity index (χ1n) is 10.4. The van der Waals surface area contributed by atoms with Crippen molar-refractivity contribution in [1.29, 1.82) is 0 Å². The average Bonchev–Trinajstić information content (AvgIpc) is 3.05. The van der Waals surface area contributed by atoms with Crippen LogP contribution in [0.15, 0.2) is 54.1 Å². The Hall–Kier alpha value is -3.35. The summed E-state index contributed by atoms with van der Waals surface area (Å²) < 4.78 is 2.09. The van der Waals surface area contributed by atoms with Crippen molar-refractivity contribution in [2.24, 2.45) is 0 Å². The summed E-state index contributed by atoms with van der Waals surface area (Å²) in [6.45, 7) is 5.98. The molecule has 4 rings (SSSR count). The molecule has 8 heteroatoms. The van der Waals surface area contributed by atoms with Crippen molar-refractivity contribution in [2.45, 2.75) is 27.2 Å². The zero-order chi connectivity index (χ0) is 23.9. The number of aromatic nitrogens is 1. The van der Waals surface area contributed by atoms with Gasteiger partial charge >= 0.3 is 6.03 Å². The second-order valence-corrected chi connectivity index (χ2v) is 8.54. The van der Waals surface area contributed by atoms with E-state index in [2.05, 4.69) is 22.9 Å². The number of hydrogen-bond donors (Lipinski definition) is 1. The fourth-order valence-electron chi connectivity index (χ4n) is 4.03. The number of anilines is 1. The fourth-order valence-corrected chi connectivity index (χ4v) is 4.52. The van der Waals surface area contributed by atoms with Gasteiger partial charge in [-0.2, -0.15) is 0 Å². The molecule has 3 aromatic rings. The molecule has 0 aliphatic carbocycles. The molecule has 1 fully saturated rings. The summed E-state index contributed by atoms with van der Waals surface area (Å²) in [5, 5.41) is 2.70. The molecule has 0 unspecified atom stereocenters. The summed E-state index contributed by atoms with van der Waals surface area (Å²) in [5.74, 6) is -1.52. The molecular formula is C25H21Cl2N3O3. The number of amides is 4. The van der Waals surface area contributed by atoms with Crippen molar-refractivity contribution in [3.05, 3.63) is 86.7 Å². The third-order valence-corrected chi connectivity index (χ3v) is 6.17. The molecule has 1 N–H and O–H groups in total. The average molecular weight is 482 g/mol. The van der Waals surface area contributed by atoms with E-state index in [0.717, 1.165) is 28.4 Å². The highest BCUT2D eigenvalue weighted by molar-refractivity contribution is 6.42. The lowest BCUT2D eigenvalue weighted by atomic mass is 10.1. The molecule has 168 valence electrons. The molecule has 0 saturated carbocycles. The van der Waals surface area contributed by atoms with E-state index in [9.17, 15) is 14.4 Å². The van der Waals surface area contributed by atoms with Crippen LogP contribution >= 0.6 is 23.2 Å². The number of urea groups is 1. The largest absolute Gasteiger partial charge is 0.335 e. The first kappa shape index (κ1) is 22.8. The first-order valence-corrected chi connectivity index (χ1v) is 11.1. The van der Waals surface area contributed by atoms with E-state index in [1.165, 1.54) is 29.8 Å². The number of rotatable bonds is 4. The number of carbonyl (C=O) groups excluding carboxylic acids is 3. The van der Waals surface area contributed by atoms with Crippen molar-refractivity contribution in [3.63, 3.8) is 0 Å². The molecule has 33 heavy (non-hydrogen) atoms. The summed E-state index contributed by atoms with van der Waals surface area (Å²) >= 11 is 12.2. The number of nitrogens with zero attached hydrogens (tertiary/aromatic N) is 2. The maximum absolute atomic E-state index is 13.2. The molecule has 1 aliphatic rings. The second kappa shape index (κ2) is 8.89. The van der Waals surface area contributed by atoms with Gasteiger partial charge in [-0.05, 0) is 67.8 Å². The van der Waals surface area contributed by atoms with Crippen LogP contribution in [0.2, 0.25) is 10.0 Å². The number of para-hydroxylation sites is 1. The lowest BCUT2D eigenvalue weighted by Gasteiger charge is -2.27. The third kappa shape index (κ3) is 4.08. The Balaban J connectivity index is 1.79. The highest BCUT2D eigenvalue weighted by Gasteiger charge is 2.38. The van der Waals surface area contributed by atoms with Gasteiger partial charge in [0.1, 0.15) is 5.57 Å². The monoisotopic (exact) mass is 481 g/mol. The molecule has 6 nitrogen and oxygen atoms in total. The van der Waals surface area contributed by atoms with Gasteiger partial charge in [-0.25, -0.2) is 9.69 Å². The van der Waals surface area contributed by atoms with Crippen LogP contribution in [0.4, 0.5) is 10.5 Å². The minimum Gasteiger partial charge on any atom is -0.318 e. The Labute approximate surface area is 201 Å². The van der Waals surface area contributed by atoms with Crippen molar-refractivity contribution in [2.75, 3.05) is 4.90 Å². The summed E-state index contributed by atoms with van der Waals surface area (Å²) in [5.41, 5.74) is 4.73. The molecule has 2 aromatic carbocycles. The van der Waals surface area contributed by atoms with Crippen LogP contribution in [-0.4, -0.2) is 22.4 Å². The topological polar surface area (TPSA) is 71.4 Å². The zero-order valence-corrected chi connectivity index (χ0v) is 19.8. The third-order valence-electron chi connectivity index (χ3n) is 5.64. The van der Waals surface area contributed by atoms with Crippen molar-refractivity contribution in [1.82, 2.24) is 9.88 Å². The van der Waals surface area contributed by atoms with Gasteiger partial charge in [-0.15, -0.1) is 0 Å². The van der Waals surface area contributed by atoms with Crippen LogP contribution in [0.5, 0.6) is 0 Å². The number of nitrogens with one attached hydrogen (secondary N) is 1. The zero-order valence-electron chi connectivity index (χ0n) is 18.3. The number of aryl methyl sites for hydroxylation is 2. The molecule has 0 radical (unpaired) electrons. The molecular weight excluding hydrogens is 461 g/mol. The first-order chi connectivity index (χ1) is 15.7. The summed E-state index contributed by atoms with van der Waals surface area (Å²) in [7, 11) is 0. The van der Waals surface area contributed by atoms with Gasteiger partial charge in [0.05, 0.1) is 10.7 Å². The van der Waals surface area contributed by atoms with Gasteiger partial charge < -0.3 is 4.57 Å². The quantitative estimate of drug-likeness (QED) is 0.387. The Kier molecular flexibility index (Phi) is 6.15. The molecule has 1 saturated heterocycles. The summed E-state index contributed by atoms with van der Waals surface area (Å²) in [6.07, 6.45) is 2.37. The van der Waals surface area contributed by atoms with Crippen LogP contribution in [0.1, 0.15) is 29.4 Å². The Morgan fingerprint density at radius 1 is 0.970 bits per heavy atom. The van der Waals surface area contributed by atoms with E-state index in [-0.39, 0.29) is 16.3 Å². The minimum atomic E-state index is -0.867. The molecule has 1 aliphatic heterocycles. The molecule has 2 heterocycles. The van der Waals surface area contributed by atoms with E-state index in [1.54, 1.807) is 0 Å². The van der Waals surface area contributed by atoms with Crippen LogP contribution in [0.3, 0.4) is 0 Å². The molecule has 0 bridgehead atoms. The van der Waals surface area contributed by atoms with Gasteiger partial charge in [0, 0.05) is 22.1 Å². The molecule has 4 amide bonds. The SMILES string of the molecule is CCc1ccccc1-n1c(C)cc(C=C2C(=O)NC(=O)N(c3ccc(Cl)cc3Cl)C2=O)c1C. The van der Waals surface area contributed by atoms with Crippen molar-refractivity contribution in [3.8, 4) is 5.69 Å². The van der Waals surface area contributed by atoms with Gasteiger partial charge in [0.15, 0.2) is 0 Å². The van der Waals surface area contributed by atoms with E-state index in [0.29, 0.717) is 10.6 Å². The van der Waals surface area contributed by atoms with Crippen LogP contribution in [-0.2, 0) is 16.0 Å². The number of benzene rings is 2. The van der Waals surface area contributed by atoms with E-state index in [4.69, 9.17) is 23.2 Å². The molecule has 1 aromatic heterocycles. The fraction of sp³-hybridized carbons (Fsp3) is 0.160. The predicted octanol–water partition coefficient (Wildman–Crippen LogP) is 5.63. The van der Waals surface area contributed by atoms with E-state index in [1.807, 2.05) is 38.1 Å². The van der Waals surface area contributed by atoms with E-state index < -0.39 is 17.8 Å². The Morgan fingerprint density at radius 2 is 1.70 bits per heavy atom. The summed E-state index contributed by atoms with van der Waals surface area (Å²) in [4.78, 5) is 39.2. The lowest BCUT2D eigenvalue weighted by Crippen LogP contribution is -2.54. The minimum absolute atomic E-state index is 0.119. The Morgan fingerprint density at radius 3 is 2.39 bits per heavy atom. The van der Waals surface area contributed by atoms with Gasteiger partial charge in [-0.3, -0.25) is 14.9 Å². The highest BCUT2D eigenvalue weighted by Crippen LogP contribution is 2.32. The molecule has 0 spiro atoms. The standard InChI is InChI=1S/C25H21Cl2N3O3/c1-4-16-7-5-6-8-21(16)29-14(2)11-17(15(29)3)12-19-23(31)28-25(33)30(24(19)32)22-10-9-18(26)13-20(22)27/h5-13H,4H2,1-3H3,(H,28,31,33). The number of hydrogen-bond acceptors (Lipinski definition) is 3. The maximum Gasteiger partial charge on any atom is 0.335 e. The van der Waals surface area contributed by atoms with Crippen LogP contribution in [0, 0.1) is 13.8 Å². The number of imide groups is 2. The van der Waals surface area contributed by atoms with Crippen molar-refractivity contribution >= 4 is 52.8 Å². The number of halogens is 2. The maximum atomic E-state index is 13.2. The molecule has 0 atom stereocenters. The van der Waals surface area contributed by atoms with E-state index >= 15 is 0 Å².